The van der Waals surface area contributed by atoms with E-state index in [2.05, 4.69) is 5.10 Å². The van der Waals surface area contributed by atoms with Crippen molar-refractivity contribution in [2.75, 3.05) is 0 Å². The summed E-state index contributed by atoms with van der Waals surface area (Å²) in [6.07, 6.45) is 5.57. The normalized spacial score (nSPS) is 24.4. The number of aryl methyl sites for hydroxylation is 1. The molecule has 1 heterocycles. The second-order valence-corrected chi connectivity index (χ2v) is 4.79. The first kappa shape index (κ1) is 14.3. The summed E-state index contributed by atoms with van der Waals surface area (Å²) in [5.74, 6) is 1.34. The van der Waals surface area contributed by atoms with Crippen molar-refractivity contribution in [1.29, 1.82) is 0 Å². The summed E-state index contributed by atoms with van der Waals surface area (Å²) in [4.78, 5) is 11.5. The molecule has 17 heavy (non-hydrogen) atoms. The zero-order valence-corrected chi connectivity index (χ0v) is 11.2. The second-order valence-electron chi connectivity index (χ2n) is 4.79. The molecule has 0 unspecified atom stereocenters. The zero-order chi connectivity index (χ0) is 11.7. The number of nitrogens with two attached hydrogens (primary N) is 1. The predicted octanol–water partition coefficient (Wildman–Crippen LogP) is 0.601. The van der Waals surface area contributed by atoms with Crippen LogP contribution in [0.5, 0.6) is 0 Å². The van der Waals surface area contributed by atoms with Gasteiger partial charge >= 0.3 is 5.69 Å². The zero-order valence-electron chi connectivity index (χ0n) is 10.4. The number of halogens is 1. The molecule has 0 radical (unpaired) electrons. The Kier molecular flexibility index (Phi) is 4.77. The summed E-state index contributed by atoms with van der Waals surface area (Å²) in [5.41, 5.74) is 6.04. The molecule has 2 atom stereocenters. The minimum Gasteiger partial charge on any atom is -0.327 e. The van der Waals surface area contributed by atoms with E-state index in [-0.39, 0.29) is 24.1 Å². The molecule has 0 spiro atoms. The Morgan fingerprint density at radius 1 is 1.35 bits per heavy atom. The highest BCUT2D eigenvalue weighted by Crippen LogP contribution is 2.25. The van der Waals surface area contributed by atoms with Crippen LogP contribution in [0, 0.1) is 5.92 Å². The molecule has 0 amide bonds. The van der Waals surface area contributed by atoms with Gasteiger partial charge in [-0.05, 0) is 18.8 Å². The Labute approximate surface area is 107 Å². The van der Waals surface area contributed by atoms with E-state index in [9.17, 15) is 4.79 Å². The van der Waals surface area contributed by atoms with Crippen LogP contribution in [-0.2, 0) is 20.5 Å². The molecular weight excluding hydrogens is 240 g/mol. The van der Waals surface area contributed by atoms with Gasteiger partial charge in [0.15, 0.2) is 0 Å². The van der Waals surface area contributed by atoms with Crippen molar-refractivity contribution in [1.82, 2.24) is 14.3 Å². The van der Waals surface area contributed by atoms with Crippen LogP contribution in [0.1, 0.15) is 31.5 Å². The van der Waals surface area contributed by atoms with Gasteiger partial charge in [0.1, 0.15) is 5.82 Å². The topological polar surface area (TPSA) is 65.8 Å². The number of hydrogen-bond donors (Lipinski definition) is 1. The summed E-state index contributed by atoms with van der Waals surface area (Å²) in [5, 5.41) is 4.25. The van der Waals surface area contributed by atoms with E-state index in [1.165, 1.54) is 17.5 Å². The Morgan fingerprint density at radius 3 is 2.53 bits per heavy atom. The van der Waals surface area contributed by atoms with Gasteiger partial charge in [-0.25, -0.2) is 9.48 Å². The van der Waals surface area contributed by atoms with Crippen molar-refractivity contribution in [2.24, 2.45) is 25.7 Å². The molecule has 2 N–H and O–H groups in total. The first-order valence-electron chi connectivity index (χ1n) is 5.94. The van der Waals surface area contributed by atoms with Gasteiger partial charge in [-0.3, -0.25) is 4.57 Å². The maximum absolute atomic E-state index is 11.5. The summed E-state index contributed by atoms with van der Waals surface area (Å²) in [7, 11) is 3.46. The summed E-state index contributed by atoms with van der Waals surface area (Å²) < 4.78 is 3.02. The van der Waals surface area contributed by atoms with Gasteiger partial charge in [0.2, 0.25) is 0 Å². The molecule has 0 aromatic carbocycles. The Morgan fingerprint density at radius 2 is 2.00 bits per heavy atom. The lowest BCUT2D eigenvalue weighted by atomic mass is 9.83. The van der Waals surface area contributed by atoms with Crippen molar-refractivity contribution in [3.05, 3.63) is 16.3 Å². The molecule has 1 aliphatic rings. The maximum atomic E-state index is 11.5. The van der Waals surface area contributed by atoms with Crippen LogP contribution in [0.3, 0.4) is 0 Å². The maximum Gasteiger partial charge on any atom is 0.345 e. The molecule has 0 aliphatic heterocycles. The number of aromatic nitrogens is 3. The van der Waals surface area contributed by atoms with Gasteiger partial charge in [-0.1, -0.05) is 12.8 Å². The van der Waals surface area contributed by atoms with Crippen LogP contribution in [0.25, 0.3) is 0 Å². The molecule has 1 aromatic heterocycles. The van der Waals surface area contributed by atoms with Gasteiger partial charge in [0.25, 0.3) is 0 Å². The highest BCUT2D eigenvalue weighted by atomic mass is 35.5. The van der Waals surface area contributed by atoms with Crippen molar-refractivity contribution < 1.29 is 0 Å². The lowest BCUT2D eigenvalue weighted by Crippen LogP contribution is -2.35. The third kappa shape index (κ3) is 2.90. The van der Waals surface area contributed by atoms with Gasteiger partial charge in [-0.15, -0.1) is 12.4 Å². The highest BCUT2D eigenvalue weighted by Gasteiger charge is 2.24. The van der Waals surface area contributed by atoms with Gasteiger partial charge < -0.3 is 5.73 Å². The monoisotopic (exact) mass is 260 g/mol. The third-order valence-corrected chi connectivity index (χ3v) is 3.63. The van der Waals surface area contributed by atoms with Crippen molar-refractivity contribution >= 4 is 12.4 Å². The highest BCUT2D eigenvalue weighted by molar-refractivity contribution is 5.85. The lowest BCUT2D eigenvalue weighted by Gasteiger charge is -2.27. The smallest absolute Gasteiger partial charge is 0.327 e. The summed E-state index contributed by atoms with van der Waals surface area (Å²) in [6.45, 7) is 0. The molecule has 6 heteroatoms. The first-order chi connectivity index (χ1) is 7.59. The van der Waals surface area contributed by atoms with Crippen LogP contribution in [-0.4, -0.2) is 20.4 Å². The van der Waals surface area contributed by atoms with Crippen molar-refractivity contribution in [3.8, 4) is 0 Å². The van der Waals surface area contributed by atoms with E-state index in [1.54, 1.807) is 18.7 Å². The SMILES string of the molecule is Cl.Cn1nc(C[C@H]2CCCC[C@H]2N)n(C)c1=O. The molecule has 5 nitrogen and oxygen atoms in total. The molecule has 1 aromatic rings. The molecule has 0 saturated heterocycles. The molecule has 1 saturated carbocycles. The largest absolute Gasteiger partial charge is 0.345 e. The standard InChI is InChI=1S/C11H20N4O.ClH/c1-14-10(13-15(2)11(14)16)7-8-5-3-4-6-9(8)12;/h8-9H,3-7,12H2,1-2H3;1H/t8-,9-;/m1./s1. The fraction of sp³-hybridized carbons (Fsp3) is 0.818. The van der Waals surface area contributed by atoms with Crippen LogP contribution in [0.4, 0.5) is 0 Å². The van der Waals surface area contributed by atoms with Gasteiger partial charge in [-0.2, -0.15) is 5.10 Å². The third-order valence-electron chi connectivity index (χ3n) is 3.63. The fourth-order valence-corrected chi connectivity index (χ4v) is 2.51. The van der Waals surface area contributed by atoms with E-state index < -0.39 is 0 Å². The summed E-state index contributed by atoms with van der Waals surface area (Å²) in [6, 6.07) is 0.269. The van der Waals surface area contributed by atoms with Crippen LogP contribution in [0.15, 0.2) is 4.79 Å². The fourth-order valence-electron chi connectivity index (χ4n) is 2.51. The number of rotatable bonds is 2. The van der Waals surface area contributed by atoms with E-state index >= 15 is 0 Å². The van der Waals surface area contributed by atoms with E-state index in [1.807, 2.05) is 0 Å². The van der Waals surface area contributed by atoms with Crippen molar-refractivity contribution in [2.45, 2.75) is 38.1 Å². The molecule has 98 valence electrons. The Bertz CT molecular complexity index is 426. The molecule has 2 rings (SSSR count). The average Bonchev–Trinajstić information content (AvgIpc) is 2.50. The van der Waals surface area contributed by atoms with Gasteiger partial charge in [0, 0.05) is 26.6 Å². The Hall–Kier alpha value is -0.810. The van der Waals surface area contributed by atoms with Crippen LogP contribution < -0.4 is 11.4 Å². The average molecular weight is 261 g/mol. The van der Waals surface area contributed by atoms with E-state index in [0.29, 0.717) is 5.92 Å². The van der Waals surface area contributed by atoms with E-state index in [4.69, 9.17) is 5.73 Å². The lowest BCUT2D eigenvalue weighted by molar-refractivity contribution is 0.300. The van der Waals surface area contributed by atoms with Gasteiger partial charge in [0.05, 0.1) is 0 Å². The quantitative estimate of drug-likeness (QED) is 0.847. The minimum atomic E-state index is -0.0561. The second kappa shape index (κ2) is 5.69. The minimum absolute atomic E-state index is 0. The molecule has 0 bridgehead atoms. The van der Waals surface area contributed by atoms with E-state index in [0.717, 1.165) is 25.1 Å². The number of nitrogens with zero attached hydrogens (tertiary/aromatic N) is 3. The molecule has 1 aliphatic carbocycles. The van der Waals surface area contributed by atoms with Crippen molar-refractivity contribution in [3.63, 3.8) is 0 Å². The Balaban J connectivity index is 0.00000144. The predicted molar refractivity (Wildman–Crippen MR) is 69.3 cm³/mol. The van der Waals surface area contributed by atoms with Crippen LogP contribution >= 0.6 is 12.4 Å². The first-order valence-corrected chi connectivity index (χ1v) is 5.94. The summed E-state index contributed by atoms with van der Waals surface area (Å²) >= 11 is 0. The molecular formula is C11H21ClN4O. The van der Waals surface area contributed by atoms with Crippen LogP contribution in [0.2, 0.25) is 0 Å². The number of hydrogen-bond acceptors (Lipinski definition) is 3. The molecule has 1 fully saturated rings.